The third-order valence-electron chi connectivity index (χ3n) is 7.93. The zero-order valence-electron chi connectivity index (χ0n) is 23.0. The van der Waals surface area contributed by atoms with Crippen LogP contribution < -0.4 is 0 Å². The van der Waals surface area contributed by atoms with E-state index in [1.54, 1.807) is 0 Å². The van der Waals surface area contributed by atoms with Crippen molar-refractivity contribution in [3.8, 4) is 34.4 Å². The molecule has 0 aliphatic carbocycles. The molecule has 226 valence electrons. The molecule has 2 heterocycles. The minimum absolute atomic E-state index is 0.137. The van der Waals surface area contributed by atoms with Gasteiger partial charge >= 0.3 is 0 Å². The van der Waals surface area contributed by atoms with Crippen molar-refractivity contribution in [2.45, 2.75) is 39.2 Å². The molecule has 14 heteroatoms. The first-order valence-electron chi connectivity index (χ1n) is 13.2. The second-order valence-electron chi connectivity index (χ2n) is 10.4. The van der Waals surface area contributed by atoms with E-state index >= 15 is 0 Å². The minimum atomic E-state index is -4.36. The molecule has 10 nitrogen and oxygen atoms in total. The molecule has 0 saturated heterocycles. The van der Waals surface area contributed by atoms with Crippen LogP contribution in [0.5, 0.6) is 0 Å². The standard InChI is InChI=1S/C32H16N2O8S4/c33-17-19-1-5-21(6-2-19)43(35,36)23-9-11-25-27-15-28-26-12-10-24(44(37,38)22-7-3-20(18-34)4-8-22)14-30(26)46(41,42)32(28)16-31(27)45(39,40)29(25)13-23/h1-16H. The summed E-state index contributed by atoms with van der Waals surface area (Å²) in [5.41, 5.74) is 1.21. The Labute approximate surface area is 264 Å². The van der Waals surface area contributed by atoms with Gasteiger partial charge in [0.1, 0.15) is 0 Å². The van der Waals surface area contributed by atoms with Crippen molar-refractivity contribution in [3.05, 3.63) is 108 Å². The average Bonchev–Trinajstić information content (AvgIpc) is 3.42. The number of hydrogen-bond donors (Lipinski definition) is 0. The fourth-order valence-electron chi connectivity index (χ4n) is 5.58. The molecular formula is C32H16N2O8S4. The molecule has 0 N–H and O–H groups in total. The Hall–Kier alpha value is -5.12. The van der Waals surface area contributed by atoms with Gasteiger partial charge in [0.05, 0.1) is 62.4 Å². The van der Waals surface area contributed by atoms with E-state index in [2.05, 4.69) is 0 Å². The highest BCUT2D eigenvalue weighted by atomic mass is 32.2. The Morgan fingerprint density at radius 1 is 0.413 bits per heavy atom. The summed E-state index contributed by atoms with van der Waals surface area (Å²) in [5, 5.41) is 18.0. The summed E-state index contributed by atoms with van der Waals surface area (Å²) in [7, 11) is -17.1. The van der Waals surface area contributed by atoms with Crippen molar-refractivity contribution < 1.29 is 33.7 Å². The van der Waals surface area contributed by atoms with Gasteiger partial charge in [-0.15, -0.1) is 0 Å². The molecule has 0 spiro atoms. The minimum Gasteiger partial charge on any atom is -0.219 e. The van der Waals surface area contributed by atoms with E-state index in [0.29, 0.717) is 0 Å². The normalized spacial score (nSPS) is 15.1. The lowest BCUT2D eigenvalue weighted by Crippen LogP contribution is -2.05. The number of hydrogen-bond acceptors (Lipinski definition) is 10. The summed E-state index contributed by atoms with van der Waals surface area (Å²) in [6, 6.07) is 23.8. The van der Waals surface area contributed by atoms with Crippen LogP contribution in [-0.4, -0.2) is 33.7 Å². The van der Waals surface area contributed by atoms with Gasteiger partial charge in [0.15, 0.2) is 0 Å². The molecule has 7 rings (SSSR count). The maximum Gasteiger partial charge on any atom is 0.207 e. The van der Waals surface area contributed by atoms with Crippen LogP contribution in [0.2, 0.25) is 0 Å². The van der Waals surface area contributed by atoms with Gasteiger partial charge in [-0.1, -0.05) is 12.1 Å². The third-order valence-corrected chi connectivity index (χ3v) is 15.1. The van der Waals surface area contributed by atoms with Crippen LogP contribution in [0, 0.1) is 22.7 Å². The van der Waals surface area contributed by atoms with Crippen LogP contribution in [-0.2, 0) is 39.3 Å². The monoisotopic (exact) mass is 684 g/mol. The molecule has 0 atom stereocenters. The Bertz CT molecular complexity index is 2550. The summed E-state index contributed by atoms with van der Waals surface area (Å²) < 4.78 is 108. The summed E-state index contributed by atoms with van der Waals surface area (Å²) in [6.45, 7) is 0. The largest absolute Gasteiger partial charge is 0.219 e. The lowest BCUT2D eigenvalue weighted by molar-refractivity contribution is 0.592. The number of sulfone groups is 4. The van der Waals surface area contributed by atoms with E-state index in [4.69, 9.17) is 10.5 Å². The van der Waals surface area contributed by atoms with Crippen LogP contribution in [0.1, 0.15) is 11.1 Å². The van der Waals surface area contributed by atoms with Gasteiger partial charge in [-0.3, -0.25) is 0 Å². The molecule has 0 radical (unpaired) electrons. The van der Waals surface area contributed by atoms with Crippen LogP contribution in [0.4, 0.5) is 0 Å². The Morgan fingerprint density at radius 3 is 1.09 bits per heavy atom. The smallest absolute Gasteiger partial charge is 0.207 e. The first-order chi connectivity index (χ1) is 21.7. The highest BCUT2D eigenvalue weighted by molar-refractivity contribution is 7.93. The quantitative estimate of drug-likeness (QED) is 0.251. The zero-order chi connectivity index (χ0) is 32.8. The number of rotatable bonds is 4. The van der Waals surface area contributed by atoms with Gasteiger partial charge in [-0.2, -0.15) is 10.5 Å². The van der Waals surface area contributed by atoms with Gasteiger partial charge in [-0.25, -0.2) is 33.7 Å². The summed E-state index contributed by atoms with van der Waals surface area (Å²) >= 11 is 0. The first-order valence-corrected chi connectivity index (χ1v) is 19.1. The van der Waals surface area contributed by atoms with Crippen molar-refractivity contribution in [1.29, 1.82) is 10.5 Å². The molecule has 0 fully saturated rings. The molecule has 0 amide bonds. The molecule has 0 saturated carbocycles. The summed E-state index contributed by atoms with van der Waals surface area (Å²) in [5.74, 6) is 0. The molecule has 0 bridgehead atoms. The lowest BCUT2D eigenvalue weighted by Gasteiger charge is -2.08. The molecule has 2 aliphatic rings. The molecule has 5 aromatic rings. The van der Waals surface area contributed by atoms with Crippen LogP contribution in [0.25, 0.3) is 22.3 Å². The molecule has 5 aromatic carbocycles. The number of nitrogens with zero attached hydrogens (tertiary/aromatic N) is 2. The topological polar surface area (TPSA) is 184 Å². The molecule has 0 aromatic heterocycles. The molecule has 2 aliphatic heterocycles. The van der Waals surface area contributed by atoms with Gasteiger partial charge in [-0.05, 0) is 84.9 Å². The van der Waals surface area contributed by atoms with Crippen molar-refractivity contribution in [2.75, 3.05) is 0 Å². The second-order valence-corrected chi connectivity index (χ2v) is 18.1. The Kier molecular flexibility index (Phi) is 6.23. The van der Waals surface area contributed by atoms with Crippen LogP contribution in [0.3, 0.4) is 0 Å². The number of fused-ring (bicyclic) bond motifs is 6. The maximum absolute atomic E-state index is 13.7. The van der Waals surface area contributed by atoms with Gasteiger partial charge in [0.25, 0.3) is 0 Å². The van der Waals surface area contributed by atoms with E-state index in [-0.39, 0.29) is 72.5 Å². The SMILES string of the molecule is N#Cc1ccc(S(=O)(=O)c2ccc3c(c2)S(=O)(=O)c2cc4c(cc2-3)-c2ccc(S(=O)(=O)c3ccc(C#N)cc3)cc2S4(=O)=O)cc1. The summed E-state index contributed by atoms with van der Waals surface area (Å²) in [4.78, 5) is -2.12. The van der Waals surface area contributed by atoms with Crippen molar-refractivity contribution >= 4 is 39.3 Å². The third kappa shape index (κ3) is 4.08. The highest BCUT2D eigenvalue weighted by Gasteiger charge is 2.41. The highest BCUT2D eigenvalue weighted by Crippen LogP contribution is 2.52. The molecule has 0 unspecified atom stereocenters. The van der Waals surface area contributed by atoms with E-state index < -0.39 is 39.3 Å². The van der Waals surface area contributed by atoms with Crippen LogP contribution >= 0.6 is 0 Å². The van der Waals surface area contributed by atoms with Gasteiger partial charge < -0.3 is 0 Å². The first kappa shape index (κ1) is 29.6. The van der Waals surface area contributed by atoms with Gasteiger partial charge in [0.2, 0.25) is 39.3 Å². The van der Waals surface area contributed by atoms with Crippen molar-refractivity contribution in [1.82, 2.24) is 0 Å². The van der Waals surface area contributed by atoms with Crippen molar-refractivity contribution in [2.24, 2.45) is 0 Å². The van der Waals surface area contributed by atoms with Crippen molar-refractivity contribution in [3.63, 3.8) is 0 Å². The predicted octanol–water partition coefficient (Wildman–Crippen LogP) is 4.72. The zero-order valence-corrected chi connectivity index (χ0v) is 26.3. The van der Waals surface area contributed by atoms with Crippen LogP contribution in [0.15, 0.2) is 136 Å². The Morgan fingerprint density at radius 2 is 0.739 bits per heavy atom. The maximum atomic E-state index is 13.7. The fraction of sp³-hybridized carbons (Fsp3) is 0. The second kappa shape index (κ2) is 9.69. The van der Waals surface area contributed by atoms with E-state index in [0.717, 1.165) is 18.2 Å². The number of benzene rings is 5. The van der Waals surface area contributed by atoms with E-state index in [1.165, 1.54) is 78.9 Å². The molecule has 46 heavy (non-hydrogen) atoms. The average molecular weight is 685 g/mol. The lowest BCUT2D eigenvalue weighted by atomic mass is 9.99. The van der Waals surface area contributed by atoms with E-state index in [1.807, 2.05) is 12.1 Å². The van der Waals surface area contributed by atoms with Gasteiger partial charge in [0, 0.05) is 22.3 Å². The van der Waals surface area contributed by atoms with E-state index in [9.17, 15) is 33.7 Å². The number of nitriles is 2. The molecular weight excluding hydrogens is 669 g/mol. The fourth-order valence-corrected chi connectivity index (χ4v) is 11.8. The Balaban J connectivity index is 1.34. The predicted molar refractivity (Wildman–Crippen MR) is 161 cm³/mol. The summed E-state index contributed by atoms with van der Waals surface area (Å²) in [6.07, 6.45) is 0.